The van der Waals surface area contributed by atoms with Crippen LogP contribution in [-0.4, -0.2) is 50.8 Å². The van der Waals surface area contributed by atoms with Crippen molar-refractivity contribution in [1.29, 1.82) is 5.26 Å². The third kappa shape index (κ3) is 2.96. The van der Waals surface area contributed by atoms with Crippen LogP contribution in [0.25, 0.3) is 0 Å². The van der Waals surface area contributed by atoms with Crippen LogP contribution >= 0.6 is 0 Å². The first kappa shape index (κ1) is 13.9. The highest BCUT2D eigenvalue weighted by Gasteiger charge is 2.43. The molecule has 0 saturated carbocycles. The molecule has 1 aliphatic heterocycles. The van der Waals surface area contributed by atoms with Gasteiger partial charge in [0.05, 0.1) is 18.7 Å². The van der Waals surface area contributed by atoms with Gasteiger partial charge in [-0.3, -0.25) is 4.79 Å². The number of carbonyl (C=O) groups is 1. The summed E-state index contributed by atoms with van der Waals surface area (Å²) >= 11 is 0. The minimum atomic E-state index is -0.908. The minimum Gasteiger partial charge on any atom is -0.383 e. The molecule has 1 heterocycles. The molecule has 1 saturated heterocycles. The number of likely N-dealkylation sites (N-methyl/N-ethyl adjacent to an activating group) is 1. The summed E-state index contributed by atoms with van der Waals surface area (Å²) in [5, 5.41) is 9.29. The molecule has 0 bridgehead atoms. The highest BCUT2D eigenvalue weighted by atomic mass is 16.5. The third-order valence-electron chi connectivity index (χ3n) is 3.36. The van der Waals surface area contributed by atoms with E-state index in [4.69, 9.17) is 9.47 Å². The first-order valence-electron chi connectivity index (χ1n) is 5.82. The Kier molecular flexibility index (Phi) is 4.91. The Morgan fingerprint density at radius 1 is 1.59 bits per heavy atom. The van der Waals surface area contributed by atoms with Gasteiger partial charge in [-0.1, -0.05) is 0 Å². The zero-order chi connectivity index (χ0) is 12.9. The van der Waals surface area contributed by atoms with Gasteiger partial charge in [0.1, 0.15) is 5.41 Å². The molecule has 1 amide bonds. The van der Waals surface area contributed by atoms with Crippen LogP contribution in [-0.2, 0) is 14.3 Å². The van der Waals surface area contributed by atoms with Crippen molar-refractivity contribution in [1.82, 2.24) is 4.90 Å². The van der Waals surface area contributed by atoms with Crippen molar-refractivity contribution < 1.29 is 14.3 Å². The van der Waals surface area contributed by atoms with Crippen molar-refractivity contribution in [3.05, 3.63) is 0 Å². The summed E-state index contributed by atoms with van der Waals surface area (Å²) in [7, 11) is 3.32. The maximum absolute atomic E-state index is 12.4. The summed E-state index contributed by atoms with van der Waals surface area (Å²) in [5.41, 5.74) is -0.908. The molecule has 1 unspecified atom stereocenters. The summed E-state index contributed by atoms with van der Waals surface area (Å²) in [4.78, 5) is 14.0. The van der Waals surface area contributed by atoms with Crippen molar-refractivity contribution >= 4 is 5.91 Å². The van der Waals surface area contributed by atoms with Crippen LogP contribution in [0.15, 0.2) is 0 Å². The van der Waals surface area contributed by atoms with E-state index in [1.165, 1.54) is 0 Å². The Labute approximate surface area is 102 Å². The van der Waals surface area contributed by atoms with E-state index in [2.05, 4.69) is 6.07 Å². The van der Waals surface area contributed by atoms with E-state index < -0.39 is 5.41 Å². The first-order chi connectivity index (χ1) is 8.07. The minimum absolute atomic E-state index is 0.0273. The van der Waals surface area contributed by atoms with Gasteiger partial charge in [-0.05, 0) is 19.8 Å². The molecule has 1 fully saturated rings. The summed E-state index contributed by atoms with van der Waals surface area (Å²) in [6, 6.07) is 2.16. The fraction of sp³-hybridized carbons (Fsp3) is 0.833. The van der Waals surface area contributed by atoms with E-state index in [1.807, 2.05) is 6.92 Å². The largest absolute Gasteiger partial charge is 0.383 e. The molecule has 5 heteroatoms. The van der Waals surface area contributed by atoms with Crippen molar-refractivity contribution in [2.75, 3.05) is 34.0 Å². The Hall–Kier alpha value is -1.12. The molecule has 0 aromatic heterocycles. The van der Waals surface area contributed by atoms with E-state index in [-0.39, 0.29) is 11.9 Å². The summed E-state index contributed by atoms with van der Waals surface area (Å²) in [6.07, 6.45) is 0.957. The average molecular weight is 240 g/mol. The van der Waals surface area contributed by atoms with Crippen LogP contribution in [0.2, 0.25) is 0 Å². The van der Waals surface area contributed by atoms with Crippen LogP contribution in [0.4, 0.5) is 0 Å². The van der Waals surface area contributed by atoms with Crippen LogP contribution < -0.4 is 0 Å². The molecule has 5 nitrogen and oxygen atoms in total. The Morgan fingerprint density at radius 2 is 2.18 bits per heavy atom. The number of methoxy groups -OCH3 is 1. The number of ether oxygens (including phenoxy) is 2. The van der Waals surface area contributed by atoms with Gasteiger partial charge in [0.25, 0.3) is 0 Å². The molecule has 1 rings (SSSR count). The normalized spacial score (nSPS) is 20.4. The smallest absolute Gasteiger partial charge is 0.243 e. The fourth-order valence-electron chi connectivity index (χ4n) is 1.98. The van der Waals surface area contributed by atoms with E-state index in [1.54, 1.807) is 19.1 Å². The second-order valence-corrected chi connectivity index (χ2v) is 4.53. The second-order valence-electron chi connectivity index (χ2n) is 4.53. The van der Waals surface area contributed by atoms with Gasteiger partial charge >= 0.3 is 0 Å². The number of hydrogen-bond acceptors (Lipinski definition) is 4. The zero-order valence-corrected chi connectivity index (χ0v) is 10.7. The maximum atomic E-state index is 12.4. The molecule has 0 aliphatic carbocycles. The molecule has 96 valence electrons. The highest BCUT2D eigenvalue weighted by Crippen LogP contribution is 2.32. The first-order valence-corrected chi connectivity index (χ1v) is 5.82. The van der Waals surface area contributed by atoms with Gasteiger partial charge in [0.2, 0.25) is 5.91 Å². The zero-order valence-electron chi connectivity index (χ0n) is 10.7. The van der Waals surface area contributed by atoms with Crippen molar-refractivity contribution in [3.63, 3.8) is 0 Å². The van der Waals surface area contributed by atoms with Gasteiger partial charge in [0.15, 0.2) is 0 Å². The Balaban J connectivity index is 2.75. The lowest BCUT2D eigenvalue weighted by molar-refractivity contribution is -0.144. The summed E-state index contributed by atoms with van der Waals surface area (Å²) in [5.74, 6) is -0.118. The molecule has 0 aromatic carbocycles. The van der Waals surface area contributed by atoms with Crippen molar-refractivity contribution in [3.8, 4) is 6.07 Å². The SMILES string of the molecule is COCC(C)N(C)C(=O)C1(C#N)CCOCC1. The lowest BCUT2D eigenvalue weighted by Gasteiger charge is -2.35. The molecular weight excluding hydrogens is 220 g/mol. The number of carbonyl (C=O) groups excluding carboxylic acids is 1. The van der Waals surface area contributed by atoms with Gasteiger partial charge < -0.3 is 14.4 Å². The Morgan fingerprint density at radius 3 is 2.65 bits per heavy atom. The molecule has 0 aromatic rings. The molecular formula is C12H20N2O3. The van der Waals surface area contributed by atoms with Gasteiger partial charge in [0, 0.05) is 27.4 Å². The Bertz CT molecular complexity index is 305. The van der Waals surface area contributed by atoms with Gasteiger partial charge in [-0.2, -0.15) is 5.26 Å². The van der Waals surface area contributed by atoms with Crippen LogP contribution in [0.3, 0.4) is 0 Å². The molecule has 1 atom stereocenters. The maximum Gasteiger partial charge on any atom is 0.243 e. The summed E-state index contributed by atoms with van der Waals surface area (Å²) < 4.78 is 10.2. The quantitative estimate of drug-likeness (QED) is 0.729. The van der Waals surface area contributed by atoms with Crippen LogP contribution in [0.5, 0.6) is 0 Å². The number of nitriles is 1. The number of amides is 1. The molecule has 0 N–H and O–H groups in total. The lowest BCUT2D eigenvalue weighted by atomic mass is 9.80. The average Bonchev–Trinajstić information content (AvgIpc) is 2.38. The van der Waals surface area contributed by atoms with Gasteiger partial charge in [-0.15, -0.1) is 0 Å². The molecule has 0 spiro atoms. The lowest BCUT2D eigenvalue weighted by Crippen LogP contribution is -2.48. The topological polar surface area (TPSA) is 62.6 Å². The number of hydrogen-bond donors (Lipinski definition) is 0. The predicted octanol–water partition coefficient (Wildman–Crippen LogP) is 0.800. The molecule has 17 heavy (non-hydrogen) atoms. The van der Waals surface area contributed by atoms with E-state index in [0.717, 1.165) is 0 Å². The standard InChI is InChI=1S/C12H20N2O3/c1-10(8-16-3)14(2)11(15)12(9-13)4-6-17-7-5-12/h10H,4-8H2,1-3H3. The predicted molar refractivity (Wildman–Crippen MR) is 62.2 cm³/mol. The van der Waals surface area contributed by atoms with Crippen LogP contribution in [0.1, 0.15) is 19.8 Å². The number of nitrogens with zero attached hydrogens (tertiary/aromatic N) is 2. The van der Waals surface area contributed by atoms with Crippen molar-refractivity contribution in [2.45, 2.75) is 25.8 Å². The summed E-state index contributed by atoms with van der Waals surface area (Å²) in [6.45, 7) is 3.34. The van der Waals surface area contributed by atoms with Gasteiger partial charge in [-0.25, -0.2) is 0 Å². The molecule has 0 radical (unpaired) electrons. The van der Waals surface area contributed by atoms with Crippen molar-refractivity contribution in [2.24, 2.45) is 5.41 Å². The van der Waals surface area contributed by atoms with E-state index in [0.29, 0.717) is 32.7 Å². The van der Waals surface area contributed by atoms with Crippen LogP contribution in [0, 0.1) is 16.7 Å². The number of rotatable bonds is 4. The third-order valence-corrected chi connectivity index (χ3v) is 3.36. The molecule has 1 aliphatic rings. The second kappa shape index (κ2) is 5.99. The highest BCUT2D eigenvalue weighted by molar-refractivity contribution is 5.85. The fourth-order valence-corrected chi connectivity index (χ4v) is 1.98. The van der Waals surface area contributed by atoms with E-state index in [9.17, 15) is 10.1 Å². The monoisotopic (exact) mass is 240 g/mol. The van der Waals surface area contributed by atoms with E-state index >= 15 is 0 Å².